The molecule has 1 aromatic carbocycles. The summed E-state index contributed by atoms with van der Waals surface area (Å²) >= 11 is 0. The SMILES string of the molecule is CCCCCCCN(C(=O)C(NC(=O)OC(C)(C)C)C(C)C)C(C(=O)NC(C)C)c1cccc(C)c1C. The lowest BCUT2D eigenvalue weighted by Gasteiger charge is -2.36. The van der Waals surface area contributed by atoms with Crippen LogP contribution in [0.3, 0.4) is 0 Å². The number of aryl methyl sites for hydroxylation is 1. The van der Waals surface area contributed by atoms with Gasteiger partial charge in [0.1, 0.15) is 17.7 Å². The molecule has 0 radical (unpaired) electrons. The zero-order valence-corrected chi connectivity index (χ0v) is 24.9. The highest BCUT2D eigenvalue weighted by Gasteiger charge is 2.38. The van der Waals surface area contributed by atoms with Crippen LogP contribution >= 0.6 is 0 Å². The first-order valence-electron chi connectivity index (χ1n) is 13.9. The van der Waals surface area contributed by atoms with E-state index in [1.54, 1.807) is 25.7 Å². The van der Waals surface area contributed by atoms with E-state index < -0.39 is 23.8 Å². The van der Waals surface area contributed by atoms with Crippen LogP contribution in [0, 0.1) is 19.8 Å². The summed E-state index contributed by atoms with van der Waals surface area (Å²) in [4.78, 5) is 42.2. The van der Waals surface area contributed by atoms with Crippen molar-refractivity contribution in [3.05, 3.63) is 34.9 Å². The molecule has 2 atom stereocenters. The molecular weight excluding hydrogens is 466 g/mol. The monoisotopic (exact) mass is 517 g/mol. The van der Waals surface area contributed by atoms with Crippen molar-refractivity contribution >= 4 is 17.9 Å². The van der Waals surface area contributed by atoms with Crippen LogP contribution in [0.15, 0.2) is 18.2 Å². The van der Waals surface area contributed by atoms with Gasteiger partial charge < -0.3 is 20.3 Å². The van der Waals surface area contributed by atoms with Gasteiger partial charge in [0.05, 0.1) is 0 Å². The lowest BCUT2D eigenvalue weighted by molar-refractivity contribution is -0.143. The fourth-order valence-electron chi connectivity index (χ4n) is 4.26. The number of hydrogen-bond donors (Lipinski definition) is 2. The third-order valence-corrected chi connectivity index (χ3v) is 6.32. The Balaban J connectivity index is 3.51. The molecular formula is C30H51N3O4. The zero-order valence-electron chi connectivity index (χ0n) is 24.9. The van der Waals surface area contributed by atoms with Crippen molar-refractivity contribution in [2.24, 2.45) is 5.92 Å². The largest absolute Gasteiger partial charge is 0.444 e. The number of nitrogens with one attached hydrogen (secondary N) is 2. The van der Waals surface area contributed by atoms with E-state index in [4.69, 9.17) is 4.74 Å². The molecule has 2 unspecified atom stereocenters. The Hall–Kier alpha value is -2.57. The van der Waals surface area contributed by atoms with Crippen LogP contribution in [-0.4, -0.2) is 47.0 Å². The highest BCUT2D eigenvalue weighted by molar-refractivity contribution is 5.92. The van der Waals surface area contributed by atoms with Crippen LogP contribution in [0.1, 0.15) is 110 Å². The minimum atomic E-state index is -0.829. The summed E-state index contributed by atoms with van der Waals surface area (Å²) in [6, 6.07) is 4.15. The Bertz CT molecular complexity index is 889. The van der Waals surface area contributed by atoms with Crippen LogP contribution in [0.25, 0.3) is 0 Å². The van der Waals surface area contributed by atoms with Gasteiger partial charge in [0.25, 0.3) is 0 Å². The molecule has 0 aromatic heterocycles. The molecule has 0 spiro atoms. The molecule has 0 bridgehead atoms. The summed E-state index contributed by atoms with van der Waals surface area (Å²) < 4.78 is 5.45. The molecule has 1 aromatic rings. The second kappa shape index (κ2) is 15.0. The van der Waals surface area contributed by atoms with Crippen molar-refractivity contribution in [3.8, 4) is 0 Å². The Morgan fingerprint density at radius 1 is 0.946 bits per heavy atom. The minimum Gasteiger partial charge on any atom is -0.444 e. The third-order valence-electron chi connectivity index (χ3n) is 6.32. The van der Waals surface area contributed by atoms with Crippen molar-refractivity contribution in [1.29, 1.82) is 0 Å². The van der Waals surface area contributed by atoms with Crippen LogP contribution in [0.2, 0.25) is 0 Å². The number of unbranched alkanes of at least 4 members (excludes halogenated alkanes) is 4. The molecule has 0 saturated carbocycles. The van der Waals surface area contributed by atoms with E-state index >= 15 is 0 Å². The number of ether oxygens (including phenoxy) is 1. The maximum atomic E-state index is 14.2. The van der Waals surface area contributed by atoms with E-state index in [9.17, 15) is 14.4 Å². The average Bonchev–Trinajstić information content (AvgIpc) is 2.76. The maximum Gasteiger partial charge on any atom is 0.408 e. The molecule has 0 fully saturated rings. The summed E-state index contributed by atoms with van der Waals surface area (Å²) in [5, 5.41) is 5.82. The third kappa shape index (κ3) is 10.7. The first kappa shape index (κ1) is 32.5. The van der Waals surface area contributed by atoms with Gasteiger partial charge >= 0.3 is 6.09 Å². The van der Waals surface area contributed by atoms with Crippen molar-refractivity contribution in [3.63, 3.8) is 0 Å². The summed E-state index contributed by atoms with van der Waals surface area (Å²) in [6.07, 6.45) is 4.44. The van der Waals surface area contributed by atoms with Gasteiger partial charge in [0.15, 0.2) is 0 Å². The van der Waals surface area contributed by atoms with Crippen LogP contribution in [0.4, 0.5) is 4.79 Å². The van der Waals surface area contributed by atoms with Crippen molar-refractivity contribution < 1.29 is 19.1 Å². The molecule has 0 aliphatic carbocycles. The van der Waals surface area contributed by atoms with Crippen LogP contribution in [-0.2, 0) is 14.3 Å². The topological polar surface area (TPSA) is 87.7 Å². The first-order valence-corrected chi connectivity index (χ1v) is 13.9. The number of alkyl carbamates (subject to hydrolysis) is 1. The molecule has 7 heteroatoms. The van der Waals surface area contributed by atoms with E-state index in [-0.39, 0.29) is 23.8 Å². The highest BCUT2D eigenvalue weighted by atomic mass is 16.6. The lowest BCUT2D eigenvalue weighted by Crippen LogP contribution is -2.55. The van der Waals surface area contributed by atoms with Crippen molar-refractivity contribution in [1.82, 2.24) is 15.5 Å². The molecule has 3 amide bonds. The van der Waals surface area contributed by atoms with E-state index in [1.165, 1.54) is 0 Å². The van der Waals surface area contributed by atoms with Gasteiger partial charge in [-0.1, -0.05) is 64.7 Å². The lowest BCUT2D eigenvalue weighted by atomic mass is 9.93. The number of amides is 3. The molecule has 0 aliphatic rings. The van der Waals surface area contributed by atoms with E-state index in [1.807, 2.05) is 59.7 Å². The van der Waals surface area contributed by atoms with Gasteiger partial charge in [0, 0.05) is 12.6 Å². The van der Waals surface area contributed by atoms with Crippen molar-refractivity contribution in [2.45, 2.75) is 125 Å². The Labute approximate surface area is 225 Å². The number of carbonyl (C=O) groups is 3. The molecule has 210 valence electrons. The first-order chi connectivity index (χ1) is 17.2. The molecule has 1 rings (SSSR count). The van der Waals surface area contributed by atoms with Crippen LogP contribution in [0.5, 0.6) is 0 Å². The van der Waals surface area contributed by atoms with Gasteiger partial charge in [-0.15, -0.1) is 0 Å². The summed E-state index contributed by atoms with van der Waals surface area (Å²) in [6.45, 7) is 19.5. The van der Waals surface area contributed by atoms with Gasteiger partial charge in [-0.2, -0.15) is 0 Å². The minimum absolute atomic E-state index is 0.0811. The number of benzene rings is 1. The second-order valence-corrected chi connectivity index (χ2v) is 11.7. The molecule has 2 N–H and O–H groups in total. The zero-order chi connectivity index (χ0) is 28.3. The number of rotatable bonds is 13. The molecule has 7 nitrogen and oxygen atoms in total. The molecule has 0 aliphatic heterocycles. The summed E-state index contributed by atoms with van der Waals surface area (Å²) in [5.74, 6) is -0.693. The van der Waals surface area contributed by atoms with Crippen LogP contribution < -0.4 is 10.6 Å². The van der Waals surface area contributed by atoms with Gasteiger partial charge in [-0.3, -0.25) is 9.59 Å². The average molecular weight is 518 g/mol. The molecule has 37 heavy (non-hydrogen) atoms. The normalized spacial score (nSPS) is 13.3. The maximum absolute atomic E-state index is 14.2. The summed E-state index contributed by atoms with van der Waals surface area (Å²) in [5.41, 5.74) is 2.16. The second-order valence-electron chi connectivity index (χ2n) is 11.7. The molecule has 0 heterocycles. The Kier molecular flexibility index (Phi) is 13.2. The highest BCUT2D eigenvalue weighted by Crippen LogP contribution is 2.29. The van der Waals surface area contributed by atoms with Gasteiger partial charge in [-0.25, -0.2) is 4.79 Å². The van der Waals surface area contributed by atoms with E-state index in [0.29, 0.717) is 6.54 Å². The smallest absolute Gasteiger partial charge is 0.408 e. The summed E-state index contributed by atoms with van der Waals surface area (Å²) in [7, 11) is 0. The quantitative estimate of drug-likeness (QED) is 0.304. The fraction of sp³-hybridized carbons (Fsp3) is 0.700. The predicted octanol–water partition coefficient (Wildman–Crippen LogP) is 6.22. The predicted molar refractivity (Wildman–Crippen MR) is 150 cm³/mol. The Morgan fingerprint density at radius 3 is 2.11 bits per heavy atom. The molecule has 0 saturated heterocycles. The van der Waals surface area contributed by atoms with E-state index in [0.717, 1.165) is 48.8 Å². The van der Waals surface area contributed by atoms with E-state index in [2.05, 4.69) is 17.6 Å². The number of hydrogen-bond acceptors (Lipinski definition) is 4. The number of nitrogens with zero attached hydrogens (tertiary/aromatic N) is 1. The van der Waals surface area contributed by atoms with Gasteiger partial charge in [-0.05, 0) is 77.5 Å². The van der Waals surface area contributed by atoms with Gasteiger partial charge in [0.2, 0.25) is 11.8 Å². The van der Waals surface area contributed by atoms with Crippen molar-refractivity contribution in [2.75, 3.05) is 6.54 Å². The fourth-order valence-corrected chi connectivity index (χ4v) is 4.26. The Morgan fingerprint density at radius 2 is 1.57 bits per heavy atom. The standard InChI is InChI=1S/C30H51N3O4/c1-11-12-13-14-15-19-33(28(35)25(20(2)3)32-29(36)37-30(8,9)10)26(27(34)31-21(4)5)24-18-16-17-22(6)23(24)7/h16-18,20-21,25-26H,11-15,19H2,1-10H3,(H,31,34)(H,32,36). The number of carbonyl (C=O) groups excluding carboxylic acids is 3.